The molecule has 30 heavy (non-hydrogen) atoms. The van der Waals surface area contributed by atoms with Crippen LogP contribution in [0.4, 0.5) is 0 Å². The highest BCUT2D eigenvalue weighted by molar-refractivity contribution is 6.03. The van der Waals surface area contributed by atoms with E-state index in [9.17, 15) is 0 Å². The summed E-state index contributed by atoms with van der Waals surface area (Å²) < 4.78 is 6.29. The van der Waals surface area contributed by atoms with E-state index in [1.165, 1.54) is 11.1 Å². The largest absolute Gasteiger partial charge is 0.457 e. The van der Waals surface area contributed by atoms with Crippen molar-refractivity contribution in [2.24, 2.45) is 0 Å². The summed E-state index contributed by atoms with van der Waals surface area (Å²) in [6.07, 6.45) is 1.83. The topological polar surface area (TPSA) is 35.0 Å². The Hall–Kier alpha value is -3.72. The van der Waals surface area contributed by atoms with Gasteiger partial charge in [0, 0.05) is 39.1 Å². The third-order valence-electron chi connectivity index (χ3n) is 6.14. The number of aromatic nitrogens is 2. The van der Waals surface area contributed by atoms with E-state index in [1.807, 2.05) is 30.5 Å². The molecule has 1 aliphatic rings. The molecular formula is C27H20N2O. The molecular weight excluding hydrogens is 368 g/mol. The minimum atomic E-state index is -0.200. The van der Waals surface area contributed by atoms with E-state index in [2.05, 4.69) is 73.4 Å². The van der Waals surface area contributed by atoms with Crippen LogP contribution in [0.25, 0.3) is 33.1 Å². The average Bonchev–Trinajstić information content (AvgIpc) is 2.78. The minimum absolute atomic E-state index is 0.200. The summed E-state index contributed by atoms with van der Waals surface area (Å²) in [7, 11) is 0. The van der Waals surface area contributed by atoms with Crippen molar-refractivity contribution in [2.45, 2.75) is 19.3 Å². The maximum Gasteiger partial charge on any atom is 0.132 e. The first-order valence-electron chi connectivity index (χ1n) is 10.2. The highest BCUT2D eigenvalue weighted by Gasteiger charge is 2.36. The van der Waals surface area contributed by atoms with Crippen molar-refractivity contribution in [3.05, 3.63) is 96.2 Å². The third kappa shape index (κ3) is 2.38. The van der Waals surface area contributed by atoms with Crippen LogP contribution < -0.4 is 4.74 Å². The highest BCUT2D eigenvalue weighted by Crippen LogP contribution is 2.50. The number of hydrogen-bond acceptors (Lipinski definition) is 3. The van der Waals surface area contributed by atoms with Gasteiger partial charge in [0.2, 0.25) is 0 Å². The molecule has 3 nitrogen and oxygen atoms in total. The monoisotopic (exact) mass is 388 g/mol. The van der Waals surface area contributed by atoms with Gasteiger partial charge in [-0.05, 0) is 24.3 Å². The van der Waals surface area contributed by atoms with Crippen LogP contribution in [-0.4, -0.2) is 9.97 Å². The molecule has 0 bridgehead atoms. The summed E-state index contributed by atoms with van der Waals surface area (Å²) in [4.78, 5) is 9.69. The lowest BCUT2D eigenvalue weighted by molar-refractivity contribution is 0.419. The molecule has 3 aromatic carbocycles. The van der Waals surface area contributed by atoms with Gasteiger partial charge in [-0.3, -0.25) is 4.98 Å². The number of pyridine rings is 2. The minimum Gasteiger partial charge on any atom is -0.457 e. The van der Waals surface area contributed by atoms with Crippen LogP contribution in [0.3, 0.4) is 0 Å². The van der Waals surface area contributed by atoms with Crippen LogP contribution in [0.15, 0.2) is 85.1 Å². The van der Waals surface area contributed by atoms with Gasteiger partial charge in [0.15, 0.2) is 0 Å². The van der Waals surface area contributed by atoms with Crippen molar-refractivity contribution in [1.29, 1.82) is 0 Å². The lowest BCUT2D eigenvalue weighted by Crippen LogP contribution is -2.25. The van der Waals surface area contributed by atoms with Gasteiger partial charge < -0.3 is 4.74 Å². The van der Waals surface area contributed by atoms with E-state index < -0.39 is 0 Å². The summed E-state index contributed by atoms with van der Waals surface area (Å²) in [5.74, 6) is 1.82. The number of ether oxygens (including phenoxy) is 1. The number of fused-ring (bicyclic) bond motifs is 5. The van der Waals surface area contributed by atoms with Crippen molar-refractivity contribution in [1.82, 2.24) is 9.97 Å². The van der Waals surface area contributed by atoms with Crippen LogP contribution in [-0.2, 0) is 5.41 Å². The molecule has 0 saturated heterocycles. The Balaban J connectivity index is 1.62. The SMILES string of the molecule is CC1(C)c2ccccc2Oc2cccc(-c3ccc4ccc5cccnc5c4n3)c21. The van der Waals surface area contributed by atoms with Gasteiger partial charge in [-0.1, -0.05) is 68.4 Å². The number of benzene rings is 3. The highest BCUT2D eigenvalue weighted by atomic mass is 16.5. The molecule has 0 aliphatic carbocycles. The van der Waals surface area contributed by atoms with Crippen LogP contribution in [0.1, 0.15) is 25.0 Å². The molecule has 0 amide bonds. The molecule has 3 heteroatoms. The Morgan fingerprint density at radius 3 is 2.37 bits per heavy atom. The predicted octanol–water partition coefficient (Wildman–Crippen LogP) is 6.88. The van der Waals surface area contributed by atoms with Crippen molar-refractivity contribution >= 4 is 21.8 Å². The molecule has 0 spiro atoms. The van der Waals surface area contributed by atoms with Gasteiger partial charge in [0.1, 0.15) is 11.5 Å². The van der Waals surface area contributed by atoms with E-state index in [0.29, 0.717) is 0 Å². The normalized spacial score (nSPS) is 14.2. The molecule has 1 aliphatic heterocycles. The van der Waals surface area contributed by atoms with Crippen LogP contribution >= 0.6 is 0 Å². The van der Waals surface area contributed by atoms with Crippen LogP contribution in [0, 0.1) is 0 Å². The fourth-order valence-corrected chi connectivity index (χ4v) is 4.67. The zero-order chi connectivity index (χ0) is 20.3. The first kappa shape index (κ1) is 17.2. The summed E-state index contributed by atoms with van der Waals surface area (Å²) in [6.45, 7) is 4.52. The molecule has 0 saturated carbocycles. The summed E-state index contributed by atoms with van der Waals surface area (Å²) >= 11 is 0. The van der Waals surface area contributed by atoms with Gasteiger partial charge in [-0.2, -0.15) is 0 Å². The molecule has 0 fully saturated rings. The second-order valence-corrected chi connectivity index (χ2v) is 8.31. The molecule has 0 unspecified atom stereocenters. The molecule has 0 atom stereocenters. The summed E-state index contributed by atoms with van der Waals surface area (Å²) in [6, 6.07) is 27.0. The number of rotatable bonds is 1. The molecule has 2 aromatic heterocycles. The maximum atomic E-state index is 6.29. The van der Waals surface area contributed by atoms with Crippen molar-refractivity contribution < 1.29 is 4.74 Å². The summed E-state index contributed by atoms with van der Waals surface area (Å²) in [5.41, 5.74) is 6.06. The van der Waals surface area contributed by atoms with E-state index in [1.54, 1.807) is 0 Å². The molecule has 0 N–H and O–H groups in total. The molecule has 3 heterocycles. The van der Waals surface area contributed by atoms with Crippen molar-refractivity contribution in [3.8, 4) is 22.8 Å². The smallest absolute Gasteiger partial charge is 0.132 e. The van der Waals surface area contributed by atoms with E-state index >= 15 is 0 Å². The van der Waals surface area contributed by atoms with Crippen molar-refractivity contribution in [2.75, 3.05) is 0 Å². The van der Waals surface area contributed by atoms with Gasteiger partial charge in [-0.15, -0.1) is 0 Å². The Morgan fingerprint density at radius 2 is 1.47 bits per heavy atom. The van der Waals surface area contributed by atoms with Gasteiger partial charge >= 0.3 is 0 Å². The van der Waals surface area contributed by atoms with Crippen molar-refractivity contribution in [3.63, 3.8) is 0 Å². The zero-order valence-corrected chi connectivity index (χ0v) is 16.9. The van der Waals surface area contributed by atoms with Crippen LogP contribution in [0.2, 0.25) is 0 Å². The average molecular weight is 388 g/mol. The number of para-hydroxylation sites is 1. The second-order valence-electron chi connectivity index (χ2n) is 8.31. The second kappa shape index (κ2) is 6.14. The lowest BCUT2D eigenvalue weighted by Gasteiger charge is -2.36. The first-order chi connectivity index (χ1) is 14.6. The zero-order valence-electron chi connectivity index (χ0n) is 16.9. The quantitative estimate of drug-likeness (QED) is 0.294. The Morgan fingerprint density at radius 1 is 0.700 bits per heavy atom. The van der Waals surface area contributed by atoms with Gasteiger partial charge in [0.05, 0.1) is 16.7 Å². The molecule has 0 radical (unpaired) electrons. The van der Waals surface area contributed by atoms with Crippen LogP contribution in [0.5, 0.6) is 11.5 Å². The van der Waals surface area contributed by atoms with Gasteiger partial charge in [0.25, 0.3) is 0 Å². The first-order valence-corrected chi connectivity index (χ1v) is 10.2. The third-order valence-corrected chi connectivity index (χ3v) is 6.14. The maximum absolute atomic E-state index is 6.29. The van der Waals surface area contributed by atoms with E-state index in [4.69, 9.17) is 9.72 Å². The fraction of sp³-hybridized carbons (Fsp3) is 0.111. The Bertz CT molecular complexity index is 1450. The Kier molecular flexibility index (Phi) is 3.51. The van der Waals surface area contributed by atoms with Gasteiger partial charge in [-0.25, -0.2) is 4.98 Å². The lowest BCUT2D eigenvalue weighted by atomic mass is 9.73. The standard InChI is InChI=1S/C27H20N2O/c1-27(2)20-9-3-4-10-22(20)30-23-11-5-8-19(24(23)27)21-15-14-18-13-12-17-7-6-16-28-25(17)26(18)29-21/h3-16H,1-2H3. The number of nitrogens with zero attached hydrogens (tertiary/aromatic N) is 2. The Labute approximate surface area is 175 Å². The predicted molar refractivity (Wildman–Crippen MR) is 121 cm³/mol. The molecule has 5 aromatic rings. The van der Waals surface area contributed by atoms with E-state index in [0.717, 1.165) is 44.6 Å². The number of hydrogen-bond donors (Lipinski definition) is 0. The fourth-order valence-electron chi connectivity index (χ4n) is 4.67. The molecule has 6 rings (SSSR count). The summed E-state index contributed by atoms with van der Waals surface area (Å²) in [5, 5.41) is 2.19. The van der Waals surface area contributed by atoms with E-state index in [-0.39, 0.29) is 5.41 Å². The molecule has 144 valence electrons.